The summed E-state index contributed by atoms with van der Waals surface area (Å²) in [6, 6.07) is 6.05. The number of halogens is 3. The van der Waals surface area contributed by atoms with Crippen LogP contribution in [0.15, 0.2) is 30.3 Å². The number of alkyl halides is 3. The second-order valence-electron chi connectivity index (χ2n) is 3.93. The molecule has 0 saturated heterocycles. The molecule has 0 heterocycles. The van der Waals surface area contributed by atoms with Crippen molar-refractivity contribution in [3.05, 3.63) is 35.9 Å². The molecule has 0 fully saturated rings. The fraction of sp³-hybridized carbons (Fsp3) is 0.333. The smallest absolute Gasteiger partial charge is 0.451 e. The Hall–Kier alpha value is -1.54. The molecule has 0 saturated carbocycles. The Balaban J connectivity index is 2.92. The number of carboxylic acids is 1. The highest BCUT2D eigenvalue weighted by atomic mass is 32.2. The molecule has 1 aromatic carbocycles. The van der Waals surface area contributed by atoms with Crippen molar-refractivity contribution >= 4 is 23.5 Å². The van der Waals surface area contributed by atoms with Crippen molar-refractivity contribution in [1.29, 1.82) is 0 Å². The summed E-state index contributed by atoms with van der Waals surface area (Å²) in [6.45, 7) is 0. The van der Waals surface area contributed by atoms with E-state index in [1.165, 1.54) is 24.3 Å². The first-order valence-corrected chi connectivity index (χ1v) is 6.54. The van der Waals surface area contributed by atoms with Gasteiger partial charge >= 0.3 is 12.1 Å². The molecule has 0 aromatic heterocycles. The minimum Gasteiger partial charge on any atom is -0.480 e. The lowest BCUT2D eigenvalue weighted by Crippen LogP contribution is -2.34. The number of carbonyl (C=O) groups excluding carboxylic acids is 1. The van der Waals surface area contributed by atoms with Crippen molar-refractivity contribution in [2.45, 2.75) is 17.5 Å². The van der Waals surface area contributed by atoms with Crippen molar-refractivity contribution in [3.63, 3.8) is 0 Å². The van der Waals surface area contributed by atoms with E-state index < -0.39 is 29.2 Å². The first-order valence-electron chi connectivity index (χ1n) is 5.49. The Morgan fingerprint density at radius 1 is 1.25 bits per heavy atom. The Kier molecular flexibility index (Phi) is 5.58. The van der Waals surface area contributed by atoms with Crippen molar-refractivity contribution < 1.29 is 27.9 Å². The van der Waals surface area contributed by atoms with Gasteiger partial charge in [0, 0.05) is 5.75 Å². The average molecular weight is 307 g/mol. The van der Waals surface area contributed by atoms with Gasteiger partial charge in [-0.2, -0.15) is 13.2 Å². The maximum Gasteiger partial charge on any atom is 0.451 e. The normalized spacial score (nSPS) is 14.6. The number of nitrogens with two attached hydrogens (primary N) is 1. The summed E-state index contributed by atoms with van der Waals surface area (Å²) in [5, 5.41) is 7.11. The minimum absolute atomic E-state index is 0.164. The summed E-state index contributed by atoms with van der Waals surface area (Å²) >= 11 is 0.571. The lowest BCUT2D eigenvalue weighted by molar-refractivity contribution is -0.170. The maximum absolute atomic E-state index is 12.6. The van der Waals surface area contributed by atoms with Gasteiger partial charge in [0.1, 0.15) is 6.04 Å². The first-order chi connectivity index (χ1) is 9.23. The number of hydrogen-bond donors (Lipinski definition) is 2. The molecule has 110 valence electrons. The van der Waals surface area contributed by atoms with Gasteiger partial charge in [0.05, 0.1) is 5.25 Å². The monoisotopic (exact) mass is 307 g/mol. The van der Waals surface area contributed by atoms with Crippen molar-refractivity contribution in [2.24, 2.45) is 5.73 Å². The predicted octanol–water partition coefficient (Wildman–Crippen LogP) is 2.00. The summed E-state index contributed by atoms with van der Waals surface area (Å²) in [6.07, 6.45) is -4.99. The SMILES string of the molecule is NC(CSC(C(=O)C(F)(F)F)c1ccccc1)C(=O)O. The summed E-state index contributed by atoms with van der Waals surface area (Å²) in [7, 11) is 0. The molecule has 0 aliphatic heterocycles. The second kappa shape index (κ2) is 6.76. The molecule has 2 unspecified atom stereocenters. The molecule has 0 amide bonds. The van der Waals surface area contributed by atoms with E-state index in [-0.39, 0.29) is 11.3 Å². The fourth-order valence-corrected chi connectivity index (χ4v) is 2.55. The van der Waals surface area contributed by atoms with E-state index in [1.54, 1.807) is 6.07 Å². The summed E-state index contributed by atoms with van der Waals surface area (Å²) < 4.78 is 37.7. The molecule has 0 spiro atoms. The number of thioether (sulfide) groups is 1. The Morgan fingerprint density at radius 3 is 2.25 bits per heavy atom. The minimum atomic E-state index is -4.99. The quantitative estimate of drug-likeness (QED) is 0.840. The molecule has 8 heteroatoms. The zero-order chi connectivity index (χ0) is 15.3. The van der Waals surface area contributed by atoms with E-state index in [4.69, 9.17) is 10.8 Å². The van der Waals surface area contributed by atoms with Crippen LogP contribution in [0, 0.1) is 0 Å². The third kappa shape index (κ3) is 4.53. The second-order valence-corrected chi connectivity index (χ2v) is 5.07. The van der Waals surface area contributed by atoms with Crippen LogP contribution in [0.2, 0.25) is 0 Å². The molecular formula is C12H12F3NO3S. The van der Waals surface area contributed by atoms with Crippen LogP contribution in [0.3, 0.4) is 0 Å². The topological polar surface area (TPSA) is 80.4 Å². The number of benzene rings is 1. The van der Waals surface area contributed by atoms with Gasteiger partial charge in [0.2, 0.25) is 0 Å². The van der Waals surface area contributed by atoms with Gasteiger partial charge in [-0.15, -0.1) is 11.8 Å². The molecule has 0 aliphatic rings. The van der Waals surface area contributed by atoms with Crippen molar-refractivity contribution in [3.8, 4) is 0 Å². The molecule has 3 N–H and O–H groups in total. The summed E-state index contributed by atoms with van der Waals surface area (Å²) in [5.41, 5.74) is 5.40. The largest absolute Gasteiger partial charge is 0.480 e. The van der Waals surface area contributed by atoms with E-state index in [1.807, 2.05) is 0 Å². The highest BCUT2D eigenvalue weighted by molar-refractivity contribution is 8.00. The van der Waals surface area contributed by atoms with Crippen LogP contribution in [0.4, 0.5) is 13.2 Å². The van der Waals surface area contributed by atoms with E-state index in [2.05, 4.69) is 0 Å². The third-order valence-corrected chi connectivity index (χ3v) is 3.75. The number of Topliss-reactive ketones (excluding diaryl/α,β-unsaturated/α-hetero) is 1. The molecule has 20 heavy (non-hydrogen) atoms. The van der Waals surface area contributed by atoms with Gasteiger partial charge in [0.15, 0.2) is 0 Å². The predicted molar refractivity (Wildman–Crippen MR) is 68.3 cm³/mol. The average Bonchev–Trinajstić information content (AvgIpc) is 2.38. The molecule has 4 nitrogen and oxygen atoms in total. The van der Waals surface area contributed by atoms with Crippen LogP contribution in [-0.2, 0) is 9.59 Å². The molecule has 0 aliphatic carbocycles. The van der Waals surface area contributed by atoms with Gasteiger partial charge in [-0.05, 0) is 5.56 Å². The van der Waals surface area contributed by atoms with Gasteiger partial charge in [0.25, 0.3) is 5.78 Å². The van der Waals surface area contributed by atoms with Gasteiger partial charge < -0.3 is 10.8 Å². The van der Waals surface area contributed by atoms with Gasteiger partial charge in [-0.3, -0.25) is 9.59 Å². The molecule has 1 rings (SSSR count). The molecule has 0 radical (unpaired) electrons. The highest BCUT2D eigenvalue weighted by Crippen LogP contribution is 2.36. The Morgan fingerprint density at radius 2 is 1.80 bits per heavy atom. The van der Waals surface area contributed by atoms with Crippen LogP contribution in [-0.4, -0.2) is 34.8 Å². The van der Waals surface area contributed by atoms with E-state index in [0.717, 1.165) is 0 Å². The Labute approximate surface area is 117 Å². The first kappa shape index (κ1) is 16.5. The number of rotatable bonds is 6. The number of aliphatic carboxylic acids is 1. The zero-order valence-electron chi connectivity index (χ0n) is 10.1. The number of carbonyl (C=O) groups is 2. The summed E-state index contributed by atoms with van der Waals surface area (Å²) in [5.74, 6) is -3.55. The van der Waals surface area contributed by atoms with Gasteiger partial charge in [-0.25, -0.2) is 0 Å². The van der Waals surface area contributed by atoms with Crippen molar-refractivity contribution in [1.82, 2.24) is 0 Å². The van der Waals surface area contributed by atoms with Crippen LogP contribution >= 0.6 is 11.8 Å². The number of hydrogen-bond acceptors (Lipinski definition) is 4. The van der Waals surface area contributed by atoms with Crippen LogP contribution in [0.25, 0.3) is 0 Å². The van der Waals surface area contributed by atoms with E-state index in [0.29, 0.717) is 11.8 Å². The van der Waals surface area contributed by atoms with Gasteiger partial charge in [-0.1, -0.05) is 30.3 Å². The maximum atomic E-state index is 12.6. The van der Waals surface area contributed by atoms with E-state index in [9.17, 15) is 22.8 Å². The molecular weight excluding hydrogens is 295 g/mol. The van der Waals surface area contributed by atoms with Crippen LogP contribution in [0.1, 0.15) is 10.8 Å². The van der Waals surface area contributed by atoms with E-state index >= 15 is 0 Å². The zero-order valence-corrected chi connectivity index (χ0v) is 10.9. The molecule has 2 atom stereocenters. The lowest BCUT2D eigenvalue weighted by atomic mass is 10.1. The molecule has 0 bridgehead atoms. The highest BCUT2D eigenvalue weighted by Gasteiger charge is 2.44. The van der Waals surface area contributed by atoms with Crippen molar-refractivity contribution in [2.75, 3.05) is 5.75 Å². The van der Waals surface area contributed by atoms with Crippen LogP contribution < -0.4 is 5.73 Å². The van der Waals surface area contributed by atoms with Crippen LogP contribution in [0.5, 0.6) is 0 Å². The summed E-state index contributed by atoms with van der Waals surface area (Å²) in [4.78, 5) is 22.0. The third-order valence-electron chi connectivity index (χ3n) is 2.38. The lowest BCUT2D eigenvalue weighted by Gasteiger charge is -2.18. The Bertz CT molecular complexity index is 479. The molecule has 1 aromatic rings. The standard InChI is InChI=1S/C12H12F3NO3S/c13-12(14,15)10(17)9(7-4-2-1-3-5-7)20-6-8(16)11(18)19/h1-5,8-9H,6,16H2,(H,18,19). The number of ketones is 1. The number of carboxylic acid groups (broad SMARTS) is 1. The fourth-order valence-electron chi connectivity index (χ4n) is 1.37.